The first-order valence-electron chi connectivity index (χ1n) is 11.6. The lowest BCUT2D eigenvalue weighted by Crippen LogP contribution is -2.39. The van der Waals surface area contributed by atoms with E-state index in [1.807, 2.05) is 0 Å². The second kappa shape index (κ2) is 8.79. The molecule has 1 aromatic carbocycles. The summed E-state index contributed by atoms with van der Waals surface area (Å²) in [6.07, 6.45) is 6.86. The van der Waals surface area contributed by atoms with Crippen LogP contribution in [0.15, 0.2) is 17.0 Å². The molecule has 3 fully saturated rings. The Labute approximate surface area is 194 Å². The number of carbonyl (C=O) groups is 1. The van der Waals surface area contributed by atoms with Crippen LogP contribution in [0, 0.1) is 34.9 Å². The molecule has 0 heterocycles. The minimum atomic E-state index is -4.16. The zero-order chi connectivity index (χ0) is 23.3. The molecular weight excluding hydrogens is 455 g/mol. The summed E-state index contributed by atoms with van der Waals surface area (Å²) in [5.74, 6) is -0.846. The zero-order valence-electron chi connectivity index (χ0n) is 18.6. The van der Waals surface area contributed by atoms with E-state index in [-0.39, 0.29) is 29.0 Å². The summed E-state index contributed by atoms with van der Waals surface area (Å²) in [6, 6.07) is 2.12. The van der Waals surface area contributed by atoms with Crippen molar-refractivity contribution in [1.82, 2.24) is 0 Å². The molecule has 2 bridgehead atoms. The predicted octanol–water partition coefficient (Wildman–Crippen LogP) is 5.74. The van der Waals surface area contributed by atoms with Gasteiger partial charge in [-0.15, -0.1) is 0 Å². The molecule has 0 radical (unpaired) electrons. The fraction of sp³-hybridized carbons (Fsp3) is 0.708. The van der Waals surface area contributed by atoms with Gasteiger partial charge in [-0.25, -0.2) is 12.8 Å². The third-order valence-corrected chi connectivity index (χ3v) is 10.3. The summed E-state index contributed by atoms with van der Waals surface area (Å²) < 4.78 is 46.9. The van der Waals surface area contributed by atoms with E-state index in [0.717, 1.165) is 30.9 Å². The van der Waals surface area contributed by atoms with Crippen LogP contribution in [0.2, 0.25) is 5.02 Å². The molecular formula is C24H32ClFO5S. The van der Waals surface area contributed by atoms with Crippen molar-refractivity contribution in [3.8, 4) is 5.75 Å². The summed E-state index contributed by atoms with van der Waals surface area (Å²) in [4.78, 5) is 10.9. The van der Waals surface area contributed by atoms with Gasteiger partial charge in [-0.3, -0.25) is 4.79 Å². The zero-order valence-corrected chi connectivity index (χ0v) is 20.2. The Kier molecular flexibility index (Phi) is 6.54. The first kappa shape index (κ1) is 23.8. The maximum atomic E-state index is 14.9. The first-order valence-corrected chi connectivity index (χ1v) is 13.5. The molecule has 6 atom stereocenters. The minimum Gasteiger partial charge on any atom is -0.491 e. The van der Waals surface area contributed by atoms with Gasteiger partial charge in [0.2, 0.25) is 0 Å². The molecule has 4 rings (SSSR count). The van der Waals surface area contributed by atoms with Crippen LogP contribution in [0.3, 0.4) is 0 Å². The normalized spacial score (nSPS) is 34.9. The summed E-state index contributed by atoms with van der Waals surface area (Å²) in [5.41, 5.74) is -0.0170. The molecule has 3 aliphatic rings. The Morgan fingerprint density at radius 1 is 1.22 bits per heavy atom. The summed E-state index contributed by atoms with van der Waals surface area (Å²) in [5, 5.41) is 8.24. The quantitative estimate of drug-likeness (QED) is 0.554. The maximum absolute atomic E-state index is 14.9. The van der Waals surface area contributed by atoms with Crippen molar-refractivity contribution in [3.63, 3.8) is 0 Å². The molecule has 3 aliphatic carbocycles. The van der Waals surface area contributed by atoms with Crippen molar-refractivity contribution >= 4 is 27.4 Å². The molecule has 8 heteroatoms. The number of hydrogen-bond donors (Lipinski definition) is 1. The van der Waals surface area contributed by atoms with Crippen molar-refractivity contribution in [2.75, 3.05) is 6.61 Å². The van der Waals surface area contributed by atoms with E-state index >= 15 is 0 Å². The van der Waals surface area contributed by atoms with Crippen LogP contribution >= 0.6 is 11.6 Å². The fourth-order valence-electron chi connectivity index (χ4n) is 6.66. The molecule has 0 saturated heterocycles. The molecule has 0 aromatic heterocycles. The van der Waals surface area contributed by atoms with Crippen LogP contribution in [0.25, 0.3) is 0 Å². The molecule has 32 heavy (non-hydrogen) atoms. The standard InChI is InChI=1S/C24H32ClFO5S/c1-14-6-15-8-16(7-14)12-24(2,11-15)13-31-20-10-19(26)22(9-18(20)25)32(29,30)21-5-3-4-17(21)23(27)28/h9-10,14-17,21H,3-8,11-13H2,1-2H3,(H,27,28)/t14?,15-,16+,17-,21-,24?/m1/s1. The second-order valence-corrected chi connectivity index (χ2v) is 13.3. The van der Waals surface area contributed by atoms with E-state index in [4.69, 9.17) is 16.3 Å². The van der Waals surface area contributed by atoms with E-state index in [2.05, 4.69) is 13.8 Å². The average Bonchev–Trinajstić information content (AvgIpc) is 3.18. The van der Waals surface area contributed by atoms with Crippen LogP contribution in [-0.4, -0.2) is 31.4 Å². The van der Waals surface area contributed by atoms with Gasteiger partial charge < -0.3 is 9.84 Å². The van der Waals surface area contributed by atoms with E-state index in [0.29, 0.717) is 24.9 Å². The smallest absolute Gasteiger partial charge is 0.307 e. The van der Waals surface area contributed by atoms with Gasteiger partial charge >= 0.3 is 5.97 Å². The third kappa shape index (κ3) is 4.65. The SMILES string of the molecule is CC1C[C@@H]2C[C@H](C1)CC(C)(COc1cc(F)c(S(=O)(=O)[C@@H]3CCC[C@H]3C(=O)O)cc1Cl)C2. The highest BCUT2D eigenvalue weighted by Crippen LogP contribution is 2.50. The number of sulfone groups is 1. The summed E-state index contributed by atoms with van der Waals surface area (Å²) in [7, 11) is -4.16. The lowest BCUT2D eigenvalue weighted by molar-refractivity contribution is -0.141. The summed E-state index contributed by atoms with van der Waals surface area (Å²) in [6.45, 7) is 4.93. The van der Waals surface area contributed by atoms with E-state index < -0.39 is 37.7 Å². The van der Waals surface area contributed by atoms with E-state index in [1.54, 1.807) is 0 Å². The highest BCUT2D eigenvalue weighted by Gasteiger charge is 2.44. The Balaban J connectivity index is 1.50. The predicted molar refractivity (Wildman–Crippen MR) is 120 cm³/mol. The van der Waals surface area contributed by atoms with Crippen LogP contribution in [0.5, 0.6) is 5.75 Å². The largest absolute Gasteiger partial charge is 0.491 e. The van der Waals surface area contributed by atoms with Crippen molar-refractivity contribution in [2.24, 2.45) is 29.1 Å². The third-order valence-electron chi connectivity index (χ3n) is 7.74. The monoisotopic (exact) mass is 486 g/mol. The number of benzene rings is 1. The molecule has 5 nitrogen and oxygen atoms in total. The molecule has 1 aromatic rings. The van der Waals surface area contributed by atoms with Crippen molar-refractivity contribution in [2.45, 2.75) is 75.4 Å². The molecule has 1 N–H and O–H groups in total. The number of carboxylic acid groups (broad SMARTS) is 1. The number of aliphatic carboxylic acids is 1. The lowest BCUT2D eigenvalue weighted by Gasteiger charge is -2.47. The van der Waals surface area contributed by atoms with Gasteiger partial charge in [0, 0.05) is 11.5 Å². The Morgan fingerprint density at radius 2 is 1.88 bits per heavy atom. The van der Waals surface area contributed by atoms with Crippen LogP contribution in [-0.2, 0) is 14.6 Å². The van der Waals surface area contributed by atoms with Gasteiger partial charge in [-0.2, -0.15) is 0 Å². The fourth-order valence-corrected chi connectivity index (χ4v) is 9.04. The van der Waals surface area contributed by atoms with Crippen LogP contribution < -0.4 is 4.74 Å². The molecule has 0 amide bonds. The van der Waals surface area contributed by atoms with Gasteiger partial charge in [-0.1, -0.05) is 31.9 Å². The number of carboxylic acids is 1. The van der Waals surface area contributed by atoms with Crippen molar-refractivity contribution in [1.29, 1.82) is 0 Å². The van der Waals surface area contributed by atoms with Gasteiger partial charge in [0.15, 0.2) is 9.84 Å². The van der Waals surface area contributed by atoms with Gasteiger partial charge in [0.05, 0.1) is 22.8 Å². The second-order valence-electron chi connectivity index (χ2n) is 10.7. The molecule has 3 saturated carbocycles. The van der Waals surface area contributed by atoms with Gasteiger partial charge in [0.1, 0.15) is 16.5 Å². The Hall–Kier alpha value is -1.34. The maximum Gasteiger partial charge on any atom is 0.307 e. The minimum absolute atomic E-state index is 0.0170. The number of ether oxygens (including phenoxy) is 1. The number of rotatable bonds is 6. The van der Waals surface area contributed by atoms with E-state index in [9.17, 15) is 22.7 Å². The number of hydrogen-bond acceptors (Lipinski definition) is 4. The van der Waals surface area contributed by atoms with Gasteiger partial charge in [0.25, 0.3) is 0 Å². The first-order chi connectivity index (χ1) is 15.0. The number of fused-ring (bicyclic) bond motifs is 2. The Morgan fingerprint density at radius 3 is 2.50 bits per heavy atom. The highest BCUT2D eigenvalue weighted by molar-refractivity contribution is 7.92. The molecule has 0 spiro atoms. The van der Waals surface area contributed by atoms with Crippen LogP contribution in [0.1, 0.15) is 65.2 Å². The Bertz CT molecular complexity index is 976. The lowest BCUT2D eigenvalue weighted by atomic mass is 9.60. The summed E-state index contributed by atoms with van der Waals surface area (Å²) >= 11 is 6.32. The van der Waals surface area contributed by atoms with E-state index in [1.165, 1.54) is 19.3 Å². The van der Waals surface area contributed by atoms with Crippen LogP contribution in [0.4, 0.5) is 4.39 Å². The number of halogens is 2. The van der Waals surface area contributed by atoms with Crippen molar-refractivity contribution in [3.05, 3.63) is 23.0 Å². The topological polar surface area (TPSA) is 80.7 Å². The van der Waals surface area contributed by atoms with Gasteiger partial charge in [-0.05, 0) is 68.8 Å². The molecule has 178 valence electrons. The highest BCUT2D eigenvalue weighted by atomic mass is 35.5. The molecule has 2 unspecified atom stereocenters. The average molecular weight is 487 g/mol. The molecule has 0 aliphatic heterocycles. The van der Waals surface area contributed by atoms with Crippen molar-refractivity contribution < 1.29 is 27.4 Å².